The highest BCUT2D eigenvalue weighted by Gasteiger charge is 2.29. The molecule has 2 saturated heterocycles. The minimum atomic E-state index is -0.413. The maximum absolute atomic E-state index is 12.1. The van der Waals surface area contributed by atoms with Gasteiger partial charge < -0.3 is 20.2 Å². The van der Waals surface area contributed by atoms with Crippen molar-refractivity contribution in [3.63, 3.8) is 0 Å². The van der Waals surface area contributed by atoms with E-state index in [9.17, 15) is 14.7 Å². The molecule has 2 amide bonds. The molecular formula is C12H21N3O3. The number of hydrogen-bond donors (Lipinski definition) is 2. The number of carbonyl (C=O) groups is 2. The van der Waals surface area contributed by atoms with Crippen molar-refractivity contribution >= 4 is 11.8 Å². The Morgan fingerprint density at radius 3 is 2.22 bits per heavy atom. The van der Waals surface area contributed by atoms with Crippen LogP contribution in [0.15, 0.2) is 0 Å². The minimum Gasteiger partial charge on any atom is -0.393 e. The van der Waals surface area contributed by atoms with Gasteiger partial charge in [-0.25, -0.2) is 0 Å². The molecule has 0 aromatic carbocycles. The summed E-state index contributed by atoms with van der Waals surface area (Å²) in [5, 5.41) is 12.6. The van der Waals surface area contributed by atoms with Gasteiger partial charge in [0.2, 0.25) is 0 Å². The van der Waals surface area contributed by atoms with Crippen molar-refractivity contribution in [2.24, 2.45) is 0 Å². The van der Waals surface area contributed by atoms with Crippen molar-refractivity contribution in [1.29, 1.82) is 0 Å². The molecule has 0 spiro atoms. The molecule has 0 bridgehead atoms. The average molecular weight is 255 g/mol. The fraction of sp³-hybridized carbons (Fsp3) is 0.833. The van der Waals surface area contributed by atoms with E-state index < -0.39 is 11.8 Å². The van der Waals surface area contributed by atoms with E-state index in [0.717, 1.165) is 19.5 Å². The van der Waals surface area contributed by atoms with Crippen LogP contribution in [0, 0.1) is 0 Å². The van der Waals surface area contributed by atoms with Gasteiger partial charge in [-0.1, -0.05) is 0 Å². The fourth-order valence-corrected chi connectivity index (χ4v) is 2.39. The maximum Gasteiger partial charge on any atom is 0.312 e. The SMILES string of the molecule is O=C(C(=O)N1CCC(O)CC1)N1CCCNCC1. The van der Waals surface area contributed by atoms with E-state index in [1.54, 1.807) is 9.80 Å². The molecule has 0 radical (unpaired) electrons. The third-order valence-corrected chi connectivity index (χ3v) is 3.56. The molecule has 0 aromatic heterocycles. The van der Waals surface area contributed by atoms with Gasteiger partial charge in [-0.05, 0) is 25.8 Å². The molecule has 6 nitrogen and oxygen atoms in total. The zero-order valence-electron chi connectivity index (χ0n) is 10.6. The zero-order valence-corrected chi connectivity index (χ0v) is 10.6. The lowest BCUT2D eigenvalue weighted by Crippen LogP contribution is -2.49. The first kappa shape index (κ1) is 13.3. The largest absolute Gasteiger partial charge is 0.393 e. The standard InChI is InChI=1S/C12H21N3O3/c16-10-2-7-15(8-3-10)12(18)11(17)14-6-1-4-13-5-9-14/h10,13,16H,1-9H2. The van der Waals surface area contributed by atoms with Crippen molar-refractivity contribution in [2.45, 2.75) is 25.4 Å². The summed E-state index contributed by atoms with van der Waals surface area (Å²) in [5.41, 5.74) is 0. The summed E-state index contributed by atoms with van der Waals surface area (Å²) in [6, 6.07) is 0. The topological polar surface area (TPSA) is 72.9 Å². The van der Waals surface area contributed by atoms with Crippen LogP contribution in [0.25, 0.3) is 0 Å². The third-order valence-electron chi connectivity index (χ3n) is 3.56. The van der Waals surface area contributed by atoms with Crippen molar-refractivity contribution in [3.8, 4) is 0 Å². The van der Waals surface area contributed by atoms with Crippen LogP contribution in [0.4, 0.5) is 0 Å². The molecule has 2 N–H and O–H groups in total. The van der Waals surface area contributed by atoms with Gasteiger partial charge in [-0.2, -0.15) is 0 Å². The lowest BCUT2D eigenvalue weighted by Gasteiger charge is -2.30. The maximum atomic E-state index is 12.1. The summed E-state index contributed by atoms with van der Waals surface area (Å²) in [7, 11) is 0. The normalized spacial score (nSPS) is 22.7. The van der Waals surface area contributed by atoms with Crippen molar-refractivity contribution < 1.29 is 14.7 Å². The predicted octanol–water partition coefficient (Wildman–Crippen LogP) is -1.21. The van der Waals surface area contributed by atoms with Gasteiger partial charge in [0.25, 0.3) is 0 Å². The zero-order chi connectivity index (χ0) is 13.0. The molecule has 6 heteroatoms. The van der Waals surface area contributed by atoms with E-state index in [2.05, 4.69) is 5.32 Å². The Bertz CT molecular complexity index is 306. The molecular weight excluding hydrogens is 234 g/mol. The number of hydrogen-bond acceptors (Lipinski definition) is 4. The molecule has 2 aliphatic rings. The number of aliphatic hydroxyl groups is 1. The smallest absolute Gasteiger partial charge is 0.312 e. The molecule has 0 saturated carbocycles. The van der Waals surface area contributed by atoms with Crippen LogP contribution in [0.2, 0.25) is 0 Å². The summed E-state index contributed by atoms with van der Waals surface area (Å²) in [4.78, 5) is 27.3. The van der Waals surface area contributed by atoms with Crippen molar-refractivity contribution in [3.05, 3.63) is 0 Å². The van der Waals surface area contributed by atoms with Gasteiger partial charge in [-0.3, -0.25) is 9.59 Å². The molecule has 18 heavy (non-hydrogen) atoms. The van der Waals surface area contributed by atoms with E-state index in [-0.39, 0.29) is 6.10 Å². The molecule has 102 valence electrons. The van der Waals surface area contributed by atoms with Gasteiger partial charge in [-0.15, -0.1) is 0 Å². The van der Waals surface area contributed by atoms with Crippen LogP contribution in [0.3, 0.4) is 0 Å². The van der Waals surface area contributed by atoms with Crippen molar-refractivity contribution in [1.82, 2.24) is 15.1 Å². The fourth-order valence-electron chi connectivity index (χ4n) is 2.39. The lowest BCUT2D eigenvalue weighted by atomic mass is 10.1. The van der Waals surface area contributed by atoms with E-state index in [4.69, 9.17) is 0 Å². The van der Waals surface area contributed by atoms with Crippen LogP contribution in [0.1, 0.15) is 19.3 Å². The second kappa shape index (κ2) is 6.15. The highest BCUT2D eigenvalue weighted by molar-refractivity contribution is 6.34. The van der Waals surface area contributed by atoms with Crippen LogP contribution in [-0.2, 0) is 9.59 Å². The molecule has 2 heterocycles. The van der Waals surface area contributed by atoms with Gasteiger partial charge >= 0.3 is 11.8 Å². The monoisotopic (exact) mass is 255 g/mol. The van der Waals surface area contributed by atoms with Crippen LogP contribution < -0.4 is 5.32 Å². The average Bonchev–Trinajstić information content (AvgIpc) is 2.67. The number of aliphatic hydroxyl groups excluding tert-OH is 1. The second-order valence-electron chi connectivity index (χ2n) is 4.92. The molecule has 2 rings (SSSR count). The first-order valence-electron chi connectivity index (χ1n) is 6.65. The highest BCUT2D eigenvalue weighted by atomic mass is 16.3. The summed E-state index contributed by atoms with van der Waals surface area (Å²) in [5.74, 6) is -0.807. The number of rotatable bonds is 0. The van der Waals surface area contributed by atoms with Crippen LogP contribution in [-0.4, -0.2) is 72.1 Å². The number of carbonyl (C=O) groups excluding carboxylic acids is 2. The quantitative estimate of drug-likeness (QED) is 0.533. The van der Waals surface area contributed by atoms with E-state index in [0.29, 0.717) is 39.0 Å². The molecule has 2 fully saturated rings. The van der Waals surface area contributed by atoms with Gasteiger partial charge in [0, 0.05) is 32.7 Å². The Hall–Kier alpha value is -1.14. The Balaban J connectivity index is 1.89. The Morgan fingerprint density at radius 2 is 1.56 bits per heavy atom. The van der Waals surface area contributed by atoms with Crippen LogP contribution in [0.5, 0.6) is 0 Å². The molecule has 0 aromatic rings. The summed E-state index contributed by atoms with van der Waals surface area (Å²) in [6.07, 6.45) is 1.70. The van der Waals surface area contributed by atoms with Gasteiger partial charge in [0.05, 0.1) is 6.10 Å². The number of nitrogens with one attached hydrogen (secondary N) is 1. The van der Waals surface area contributed by atoms with E-state index >= 15 is 0 Å². The summed E-state index contributed by atoms with van der Waals surface area (Å²) >= 11 is 0. The Labute approximate surface area is 107 Å². The first-order valence-corrected chi connectivity index (χ1v) is 6.65. The second-order valence-corrected chi connectivity index (χ2v) is 4.92. The molecule has 0 aliphatic carbocycles. The van der Waals surface area contributed by atoms with E-state index in [1.807, 2.05) is 0 Å². The summed E-state index contributed by atoms with van der Waals surface area (Å²) < 4.78 is 0. The van der Waals surface area contributed by atoms with Crippen LogP contribution >= 0.6 is 0 Å². The molecule has 0 atom stereocenters. The molecule has 0 unspecified atom stereocenters. The Kier molecular flexibility index (Phi) is 4.54. The van der Waals surface area contributed by atoms with Gasteiger partial charge in [0.1, 0.15) is 0 Å². The summed E-state index contributed by atoms with van der Waals surface area (Å²) in [6.45, 7) is 3.86. The van der Waals surface area contributed by atoms with E-state index in [1.165, 1.54) is 0 Å². The Morgan fingerprint density at radius 1 is 0.944 bits per heavy atom. The lowest BCUT2D eigenvalue weighted by molar-refractivity contribution is -0.152. The predicted molar refractivity (Wildman–Crippen MR) is 65.9 cm³/mol. The number of amides is 2. The number of likely N-dealkylation sites (tertiary alicyclic amines) is 1. The number of nitrogens with zero attached hydrogens (tertiary/aromatic N) is 2. The highest BCUT2D eigenvalue weighted by Crippen LogP contribution is 2.11. The molecule has 2 aliphatic heterocycles. The minimum absolute atomic E-state index is 0.327. The number of piperidine rings is 1. The first-order chi connectivity index (χ1) is 8.68. The van der Waals surface area contributed by atoms with Gasteiger partial charge in [0.15, 0.2) is 0 Å². The third kappa shape index (κ3) is 3.20. The van der Waals surface area contributed by atoms with Crippen molar-refractivity contribution in [2.75, 3.05) is 39.3 Å².